The summed E-state index contributed by atoms with van der Waals surface area (Å²) in [7, 11) is 3.66. The van der Waals surface area contributed by atoms with Crippen LogP contribution in [0.1, 0.15) is 11.7 Å². The lowest BCUT2D eigenvalue weighted by Crippen LogP contribution is -2.43. The summed E-state index contributed by atoms with van der Waals surface area (Å²) in [5.74, 6) is 2.73. The van der Waals surface area contributed by atoms with Gasteiger partial charge in [-0.1, -0.05) is 11.6 Å². The molecule has 0 radical (unpaired) electrons. The molecule has 1 fully saturated rings. The summed E-state index contributed by atoms with van der Waals surface area (Å²) < 4.78 is 5.30. The molecule has 1 aromatic carbocycles. The summed E-state index contributed by atoms with van der Waals surface area (Å²) in [4.78, 5) is 2.20. The van der Waals surface area contributed by atoms with Gasteiger partial charge in [0.1, 0.15) is 5.75 Å². The Labute approximate surface area is 117 Å². The van der Waals surface area contributed by atoms with Gasteiger partial charge >= 0.3 is 0 Å². The molecule has 18 heavy (non-hydrogen) atoms. The van der Waals surface area contributed by atoms with Gasteiger partial charge in [0.05, 0.1) is 13.2 Å². The van der Waals surface area contributed by atoms with Crippen LogP contribution in [0.4, 0.5) is 0 Å². The second kappa shape index (κ2) is 6.15. The third-order valence-electron chi connectivity index (χ3n) is 3.32. The van der Waals surface area contributed by atoms with Crippen molar-refractivity contribution in [2.45, 2.75) is 12.1 Å². The van der Waals surface area contributed by atoms with Crippen LogP contribution in [0.25, 0.3) is 0 Å². The van der Waals surface area contributed by atoms with Crippen molar-refractivity contribution in [3.8, 4) is 5.75 Å². The van der Waals surface area contributed by atoms with Gasteiger partial charge < -0.3 is 9.84 Å². The molecule has 3 nitrogen and oxygen atoms in total. The first-order valence-corrected chi connectivity index (χ1v) is 7.46. The standard InChI is InChI=1S/C13H18ClNO2S/c1-15-5-6-18-8-11(15)13(16)10-7-9(14)3-4-12(10)17-2/h3-4,7,11,13,16H,5-6,8H2,1-2H3. The first-order valence-electron chi connectivity index (χ1n) is 5.93. The normalized spacial score (nSPS) is 22.8. The zero-order chi connectivity index (χ0) is 13.1. The highest BCUT2D eigenvalue weighted by Crippen LogP contribution is 2.33. The van der Waals surface area contributed by atoms with Crippen LogP contribution in [-0.2, 0) is 0 Å². The quantitative estimate of drug-likeness (QED) is 0.926. The first-order chi connectivity index (χ1) is 8.63. The fourth-order valence-corrected chi connectivity index (χ4v) is 3.62. The molecule has 1 heterocycles. The number of halogens is 1. The maximum Gasteiger partial charge on any atom is 0.124 e. The molecule has 0 spiro atoms. The van der Waals surface area contributed by atoms with Gasteiger partial charge in [0.25, 0.3) is 0 Å². The van der Waals surface area contributed by atoms with E-state index in [2.05, 4.69) is 4.90 Å². The van der Waals surface area contributed by atoms with Crippen molar-refractivity contribution in [2.24, 2.45) is 0 Å². The number of aliphatic hydroxyl groups excluding tert-OH is 1. The lowest BCUT2D eigenvalue weighted by Gasteiger charge is -2.35. The number of rotatable bonds is 3. The summed E-state index contributed by atoms with van der Waals surface area (Å²) in [5.41, 5.74) is 0.768. The van der Waals surface area contributed by atoms with Gasteiger partial charge in [-0.25, -0.2) is 0 Å². The van der Waals surface area contributed by atoms with E-state index in [4.69, 9.17) is 16.3 Å². The topological polar surface area (TPSA) is 32.7 Å². The first kappa shape index (κ1) is 14.0. The molecule has 1 aromatic rings. The molecule has 2 atom stereocenters. The number of hydrogen-bond donors (Lipinski definition) is 1. The number of benzene rings is 1. The summed E-state index contributed by atoms with van der Waals surface area (Å²) in [6, 6.07) is 5.47. The molecule has 1 aliphatic heterocycles. The van der Waals surface area contributed by atoms with E-state index in [1.807, 2.05) is 18.8 Å². The number of aliphatic hydroxyl groups is 1. The highest BCUT2D eigenvalue weighted by atomic mass is 35.5. The van der Waals surface area contributed by atoms with Crippen LogP contribution in [0.15, 0.2) is 18.2 Å². The second-order valence-electron chi connectivity index (χ2n) is 4.45. The minimum atomic E-state index is -0.573. The lowest BCUT2D eigenvalue weighted by atomic mass is 10.0. The van der Waals surface area contributed by atoms with E-state index in [0.29, 0.717) is 10.8 Å². The second-order valence-corrected chi connectivity index (χ2v) is 6.04. The SMILES string of the molecule is COc1ccc(Cl)cc1C(O)C1CSCCN1C. The number of likely N-dealkylation sites (N-methyl/N-ethyl adjacent to an activating group) is 1. The third-order valence-corrected chi connectivity index (χ3v) is 4.60. The Balaban J connectivity index is 2.26. The minimum Gasteiger partial charge on any atom is -0.496 e. The molecule has 2 unspecified atom stereocenters. The average Bonchev–Trinajstić information content (AvgIpc) is 2.38. The maximum absolute atomic E-state index is 10.6. The van der Waals surface area contributed by atoms with Crippen LogP contribution in [-0.4, -0.2) is 48.3 Å². The summed E-state index contributed by atoms with van der Waals surface area (Å²) >= 11 is 7.88. The van der Waals surface area contributed by atoms with Crippen LogP contribution >= 0.6 is 23.4 Å². The fourth-order valence-electron chi connectivity index (χ4n) is 2.18. The van der Waals surface area contributed by atoms with E-state index in [0.717, 1.165) is 23.6 Å². The Morgan fingerprint density at radius 3 is 3.00 bits per heavy atom. The van der Waals surface area contributed by atoms with Crippen LogP contribution in [0.3, 0.4) is 0 Å². The molecule has 100 valence electrons. The summed E-state index contributed by atoms with van der Waals surface area (Å²) in [5, 5.41) is 11.2. The molecule has 1 aliphatic rings. The fraction of sp³-hybridized carbons (Fsp3) is 0.538. The molecule has 0 aliphatic carbocycles. The Kier molecular flexibility index (Phi) is 4.78. The van der Waals surface area contributed by atoms with Gasteiger partial charge in [-0.15, -0.1) is 0 Å². The molecule has 2 rings (SSSR count). The van der Waals surface area contributed by atoms with Gasteiger partial charge in [0, 0.05) is 34.7 Å². The highest BCUT2D eigenvalue weighted by Gasteiger charge is 2.29. The molecule has 0 saturated carbocycles. The van der Waals surface area contributed by atoms with Crippen LogP contribution < -0.4 is 4.74 Å². The van der Waals surface area contributed by atoms with Crippen molar-refractivity contribution in [1.29, 1.82) is 0 Å². The maximum atomic E-state index is 10.6. The number of nitrogens with zero attached hydrogens (tertiary/aromatic N) is 1. The molecule has 0 bridgehead atoms. The number of methoxy groups -OCH3 is 1. The van der Waals surface area contributed by atoms with E-state index < -0.39 is 6.10 Å². The van der Waals surface area contributed by atoms with Crippen molar-refractivity contribution >= 4 is 23.4 Å². The minimum absolute atomic E-state index is 0.108. The molecule has 1 N–H and O–H groups in total. The van der Waals surface area contributed by atoms with Crippen molar-refractivity contribution in [3.05, 3.63) is 28.8 Å². The zero-order valence-corrected chi connectivity index (χ0v) is 12.2. The number of ether oxygens (including phenoxy) is 1. The summed E-state index contributed by atoms with van der Waals surface area (Å²) in [6.45, 7) is 0.995. The molecule has 0 amide bonds. The molecular weight excluding hydrogens is 270 g/mol. The highest BCUT2D eigenvalue weighted by molar-refractivity contribution is 7.99. The monoisotopic (exact) mass is 287 g/mol. The zero-order valence-electron chi connectivity index (χ0n) is 10.6. The Bertz CT molecular complexity index is 416. The van der Waals surface area contributed by atoms with Crippen molar-refractivity contribution in [1.82, 2.24) is 4.90 Å². The van der Waals surface area contributed by atoms with E-state index in [1.54, 1.807) is 25.3 Å². The molecule has 1 saturated heterocycles. The van der Waals surface area contributed by atoms with Crippen LogP contribution in [0, 0.1) is 0 Å². The van der Waals surface area contributed by atoms with E-state index in [1.165, 1.54) is 0 Å². The third kappa shape index (κ3) is 2.94. The molecular formula is C13H18ClNO2S. The van der Waals surface area contributed by atoms with Gasteiger partial charge in [0.15, 0.2) is 0 Å². The van der Waals surface area contributed by atoms with Crippen molar-refractivity contribution in [2.75, 3.05) is 32.2 Å². The van der Waals surface area contributed by atoms with E-state index >= 15 is 0 Å². The van der Waals surface area contributed by atoms with Crippen LogP contribution in [0.2, 0.25) is 5.02 Å². The Morgan fingerprint density at radius 1 is 1.56 bits per heavy atom. The lowest BCUT2D eigenvalue weighted by molar-refractivity contribution is 0.0739. The molecule has 5 heteroatoms. The van der Waals surface area contributed by atoms with Gasteiger partial charge in [-0.2, -0.15) is 11.8 Å². The smallest absolute Gasteiger partial charge is 0.124 e. The van der Waals surface area contributed by atoms with E-state index in [9.17, 15) is 5.11 Å². The van der Waals surface area contributed by atoms with Crippen molar-refractivity contribution < 1.29 is 9.84 Å². The molecule has 0 aromatic heterocycles. The predicted octanol–water partition coefficient (Wildman–Crippen LogP) is 2.43. The van der Waals surface area contributed by atoms with Crippen LogP contribution in [0.5, 0.6) is 5.75 Å². The number of hydrogen-bond acceptors (Lipinski definition) is 4. The predicted molar refractivity (Wildman–Crippen MR) is 76.7 cm³/mol. The van der Waals surface area contributed by atoms with Gasteiger partial charge in [0.2, 0.25) is 0 Å². The van der Waals surface area contributed by atoms with E-state index in [-0.39, 0.29) is 6.04 Å². The largest absolute Gasteiger partial charge is 0.496 e. The average molecular weight is 288 g/mol. The number of thioether (sulfide) groups is 1. The van der Waals surface area contributed by atoms with Gasteiger partial charge in [-0.05, 0) is 25.2 Å². The Morgan fingerprint density at radius 2 is 2.33 bits per heavy atom. The summed E-state index contributed by atoms with van der Waals surface area (Å²) in [6.07, 6.45) is -0.573. The Hall–Kier alpha value is -0.420. The van der Waals surface area contributed by atoms with Crippen molar-refractivity contribution in [3.63, 3.8) is 0 Å². The van der Waals surface area contributed by atoms with Gasteiger partial charge in [-0.3, -0.25) is 4.90 Å².